The van der Waals surface area contributed by atoms with Gasteiger partial charge in [-0.25, -0.2) is 4.98 Å². The minimum atomic E-state index is 0.309. The van der Waals surface area contributed by atoms with Crippen molar-refractivity contribution < 1.29 is 0 Å². The molecule has 2 rings (SSSR count). The lowest BCUT2D eigenvalue weighted by molar-refractivity contribution is 0.560. The number of rotatable bonds is 5. The Hall–Kier alpha value is -0.970. The number of thiazole rings is 1. The van der Waals surface area contributed by atoms with E-state index in [2.05, 4.69) is 35.4 Å². The van der Waals surface area contributed by atoms with Crippen LogP contribution in [0.3, 0.4) is 0 Å². The van der Waals surface area contributed by atoms with Gasteiger partial charge in [0, 0.05) is 0 Å². The van der Waals surface area contributed by atoms with Gasteiger partial charge in [0.25, 0.3) is 0 Å². The summed E-state index contributed by atoms with van der Waals surface area (Å²) in [5, 5.41) is 4.58. The van der Waals surface area contributed by atoms with Crippen LogP contribution in [0.4, 0.5) is 0 Å². The van der Waals surface area contributed by atoms with Crippen LogP contribution < -0.4 is 11.1 Å². The second-order valence-corrected chi connectivity index (χ2v) is 4.90. The smallest absolute Gasteiger partial charge is 0.111 e. The van der Waals surface area contributed by atoms with Crippen molar-refractivity contribution in [3.8, 4) is 0 Å². The lowest BCUT2D eigenvalue weighted by Crippen LogP contribution is -2.21. The third-order valence-electron chi connectivity index (χ3n) is 2.51. The molecule has 0 aliphatic carbocycles. The van der Waals surface area contributed by atoms with Crippen molar-refractivity contribution in [2.45, 2.75) is 19.4 Å². The molecule has 0 bridgehead atoms. The molecule has 1 aromatic carbocycles. The SMILES string of the molecule is CC(NCCCN)c1nc2ccccc2s1. The molecule has 1 unspecified atom stereocenters. The van der Waals surface area contributed by atoms with E-state index in [1.54, 1.807) is 11.3 Å². The zero-order valence-electron chi connectivity index (χ0n) is 9.44. The Balaban J connectivity index is 2.07. The van der Waals surface area contributed by atoms with Gasteiger partial charge in [-0.1, -0.05) is 12.1 Å². The second-order valence-electron chi connectivity index (χ2n) is 3.84. The summed E-state index contributed by atoms with van der Waals surface area (Å²) >= 11 is 1.76. The van der Waals surface area contributed by atoms with Crippen LogP contribution in [0, 0.1) is 0 Å². The molecule has 3 nitrogen and oxygen atoms in total. The monoisotopic (exact) mass is 235 g/mol. The van der Waals surface area contributed by atoms with Crippen molar-refractivity contribution >= 4 is 21.6 Å². The Morgan fingerprint density at radius 2 is 2.25 bits per heavy atom. The summed E-state index contributed by atoms with van der Waals surface area (Å²) in [6.45, 7) is 3.83. The quantitative estimate of drug-likeness (QED) is 0.782. The molecule has 0 saturated heterocycles. The average Bonchev–Trinajstić information content (AvgIpc) is 2.73. The fraction of sp³-hybridized carbons (Fsp3) is 0.417. The van der Waals surface area contributed by atoms with Gasteiger partial charge in [0.05, 0.1) is 16.3 Å². The van der Waals surface area contributed by atoms with Crippen LogP contribution in [-0.2, 0) is 0 Å². The van der Waals surface area contributed by atoms with Crippen LogP contribution in [0.25, 0.3) is 10.2 Å². The van der Waals surface area contributed by atoms with Gasteiger partial charge in [-0.2, -0.15) is 0 Å². The number of aromatic nitrogens is 1. The molecule has 1 aromatic heterocycles. The molecule has 0 fully saturated rings. The normalized spacial score (nSPS) is 13.1. The molecular weight excluding hydrogens is 218 g/mol. The van der Waals surface area contributed by atoms with E-state index in [0.29, 0.717) is 6.04 Å². The Morgan fingerprint density at radius 3 is 3.00 bits per heavy atom. The van der Waals surface area contributed by atoms with Crippen LogP contribution in [0.15, 0.2) is 24.3 Å². The number of hydrogen-bond donors (Lipinski definition) is 2. The molecule has 86 valence electrons. The Bertz CT molecular complexity index is 419. The molecular formula is C12H17N3S. The first-order valence-corrected chi connectivity index (χ1v) is 6.42. The van der Waals surface area contributed by atoms with Crippen molar-refractivity contribution in [3.63, 3.8) is 0 Å². The molecule has 16 heavy (non-hydrogen) atoms. The summed E-state index contributed by atoms with van der Waals surface area (Å²) in [7, 11) is 0. The highest BCUT2D eigenvalue weighted by molar-refractivity contribution is 7.18. The third kappa shape index (κ3) is 2.58. The van der Waals surface area contributed by atoms with Crippen LogP contribution in [0.2, 0.25) is 0 Å². The van der Waals surface area contributed by atoms with Crippen molar-refractivity contribution in [3.05, 3.63) is 29.3 Å². The molecule has 4 heteroatoms. The molecule has 0 amide bonds. The summed E-state index contributed by atoms with van der Waals surface area (Å²) < 4.78 is 1.25. The van der Waals surface area contributed by atoms with Crippen molar-refractivity contribution in [2.75, 3.05) is 13.1 Å². The van der Waals surface area contributed by atoms with Crippen LogP contribution in [-0.4, -0.2) is 18.1 Å². The van der Waals surface area contributed by atoms with E-state index in [1.165, 1.54) is 4.70 Å². The molecule has 2 aromatic rings. The Labute approximate surface area is 99.7 Å². The third-order valence-corrected chi connectivity index (χ3v) is 3.73. The van der Waals surface area contributed by atoms with Crippen molar-refractivity contribution in [2.24, 2.45) is 5.73 Å². The highest BCUT2D eigenvalue weighted by atomic mass is 32.1. The number of nitrogens with one attached hydrogen (secondary N) is 1. The lowest BCUT2D eigenvalue weighted by Gasteiger charge is -2.09. The van der Waals surface area contributed by atoms with Crippen LogP contribution in [0.5, 0.6) is 0 Å². The summed E-state index contributed by atoms with van der Waals surface area (Å²) in [6, 6.07) is 8.56. The van der Waals surface area contributed by atoms with E-state index < -0.39 is 0 Å². The van der Waals surface area contributed by atoms with E-state index >= 15 is 0 Å². The van der Waals surface area contributed by atoms with Crippen molar-refractivity contribution in [1.82, 2.24) is 10.3 Å². The van der Waals surface area contributed by atoms with Gasteiger partial charge in [-0.05, 0) is 38.6 Å². The predicted molar refractivity (Wildman–Crippen MR) is 69.7 cm³/mol. The zero-order valence-corrected chi connectivity index (χ0v) is 10.3. The van der Waals surface area contributed by atoms with Crippen LogP contribution >= 0.6 is 11.3 Å². The largest absolute Gasteiger partial charge is 0.330 e. The summed E-state index contributed by atoms with van der Waals surface area (Å²) in [5.74, 6) is 0. The Morgan fingerprint density at radius 1 is 1.44 bits per heavy atom. The van der Waals surface area contributed by atoms with E-state index in [0.717, 1.165) is 30.0 Å². The van der Waals surface area contributed by atoms with Gasteiger partial charge < -0.3 is 11.1 Å². The summed E-state index contributed by atoms with van der Waals surface area (Å²) in [6.07, 6.45) is 1.01. The maximum absolute atomic E-state index is 5.46. The maximum atomic E-state index is 5.46. The molecule has 0 saturated carbocycles. The highest BCUT2D eigenvalue weighted by Crippen LogP contribution is 2.25. The number of nitrogens with zero attached hydrogens (tertiary/aromatic N) is 1. The van der Waals surface area contributed by atoms with Gasteiger partial charge in [-0.3, -0.25) is 0 Å². The summed E-state index contributed by atoms with van der Waals surface area (Å²) in [4.78, 5) is 4.62. The lowest BCUT2D eigenvalue weighted by atomic mass is 10.3. The van der Waals surface area contributed by atoms with E-state index in [1.807, 2.05) is 6.07 Å². The molecule has 3 N–H and O–H groups in total. The molecule has 0 aliphatic heterocycles. The summed E-state index contributed by atoms with van der Waals surface area (Å²) in [5.41, 5.74) is 6.55. The minimum Gasteiger partial charge on any atom is -0.330 e. The first-order valence-electron chi connectivity index (χ1n) is 5.60. The molecule has 0 spiro atoms. The average molecular weight is 235 g/mol. The number of para-hydroxylation sites is 1. The predicted octanol–water partition coefficient (Wildman–Crippen LogP) is 2.30. The van der Waals surface area contributed by atoms with Gasteiger partial charge in [-0.15, -0.1) is 11.3 Å². The first kappa shape index (κ1) is 11.5. The first-order chi connectivity index (χ1) is 7.81. The maximum Gasteiger partial charge on any atom is 0.111 e. The number of nitrogens with two attached hydrogens (primary N) is 1. The Kier molecular flexibility index (Phi) is 3.88. The van der Waals surface area contributed by atoms with E-state index in [4.69, 9.17) is 5.73 Å². The number of hydrogen-bond acceptors (Lipinski definition) is 4. The van der Waals surface area contributed by atoms with E-state index in [9.17, 15) is 0 Å². The fourth-order valence-electron chi connectivity index (χ4n) is 1.58. The highest BCUT2D eigenvalue weighted by Gasteiger charge is 2.09. The van der Waals surface area contributed by atoms with Crippen LogP contribution in [0.1, 0.15) is 24.4 Å². The zero-order chi connectivity index (χ0) is 11.4. The van der Waals surface area contributed by atoms with E-state index in [-0.39, 0.29) is 0 Å². The van der Waals surface area contributed by atoms with Gasteiger partial charge in [0.2, 0.25) is 0 Å². The number of benzene rings is 1. The molecule has 0 radical (unpaired) electrons. The number of fused-ring (bicyclic) bond motifs is 1. The van der Waals surface area contributed by atoms with Gasteiger partial charge in [0.1, 0.15) is 5.01 Å². The minimum absolute atomic E-state index is 0.309. The molecule has 0 aliphatic rings. The standard InChI is InChI=1S/C12H17N3S/c1-9(14-8-4-7-13)12-15-10-5-2-3-6-11(10)16-12/h2-3,5-6,9,14H,4,7-8,13H2,1H3. The second kappa shape index (κ2) is 5.39. The molecule has 1 atom stereocenters. The van der Waals surface area contributed by atoms with Gasteiger partial charge in [0.15, 0.2) is 0 Å². The molecule has 1 heterocycles. The van der Waals surface area contributed by atoms with Crippen molar-refractivity contribution in [1.29, 1.82) is 0 Å². The fourth-order valence-corrected chi connectivity index (χ4v) is 2.58. The van der Waals surface area contributed by atoms with Gasteiger partial charge >= 0.3 is 0 Å². The topological polar surface area (TPSA) is 50.9 Å².